The smallest absolute Gasteiger partial charge is 0.305 e. The first kappa shape index (κ1) is 9.52. The number of hydrogen-bond donors (Lipinski definition) is 1. The zero-order valence-electron chi connectivity index (χ0n) is 7.58. The van der Waals surface area contributed by atoms with Crippen molar-refractivity contribution in [2.75, 3.05) is 7.11 Å². The van der Waals surface area contributed by atoms with E-state index in [1.165, 1.54) is 20.0 Å². The molecule has 0 heterocycles. The first-order valence-electron chi connectivity index (χ1n) is 4.56. The molecule has 0 spiro atoms. The van der Waals surface area contributed by atoms with E-state index in [-0.39, 0.29) is 5.97 Å². The van der Waals surface area contributed by atoms with Crippen molar-refractivity contribution in [3.8, 4) is 0 Å². The minimum atomic E-state index is -0.117. The van der Waals surface area contributed by atoms with Gasteiger partial charge in [0, 0.05) is 12.5 Å². The first-order chi connectivity index (χ1) is 5.74. The number of nitrogens with two attached hydrogens (primary N) is 1. The van der Waals surface area contributed by atoms with Gasteiger partial charge in [-0.3, -0.25) is 4.79 Å². The van der Waals surface area contributed by atoms with Gasteiger partial charge in [0.1, 0.15) is 0 Å². The summed E-state index contributed by atoms with van der Waals surface area (Å²) in [5, 5.41) is 0. The van der Waals surface area contributed by atoms with Crippen LogP contribution in [0.15, 0.2) is 0 Å². The third-order valence-corrected chi connectivity index (χ3v) is 2.66. The summed E-state index contributed by atoms with van der Waals surface area (Å²) in [5.41, 5.74) is 5.85. The van der Waals surface area contributed by atoms with Crippen molar-refractivity contribution in [2.24, 2.45) is 11.7 Å². The highest BCUT2D eigenvalue weighted by molar-refractivity contribution is 5.69. The highest BCUT2D eigenvalue weighted by atomic mass is 16.5. The lowest BCUT2D eigenvalue weighted by Gasteiger charge is -2.13. The molecule has 0 radical (unpaired) electrons. The SMILES string of the molecule is COC(=O)CC[C@@H]1CCC[C@@H]1N. The van der Waals surface area contributed by atoms with E-state index in [0.717, 1.165) is 12.8 Å². The van der Waals surface area contributed by atoms with Gasteiger partial charge < -0.3 is 10.5 Å². The summed E-state index contributed by atoms with van der Waals surface area (Å²) in [6.45, 7) is 0. The molecule has 0 amide bonds. The Balaban J connectivity index is 2.18. The van der Waals surface area contributed by atoms with Gasteiger partial charge in [0.2, 0.25) is 0 Å². The summed E-state index contributed by atoms with van der Waals surface area (Å²) in [5.74, 6) is 0.429. The Hall–Kier alpha value is -0.570. The molecule has 3 heteroatoms. The summed E-state index contributed by atoms with van der Waals surface area (Å²) < 4.78 is 4.57. The zero-order valence-corrected chi connectivity index (χ0v) is 7.58. The molecule has 1 fully saturated rings. The fourth-order valence-corrected chi connectivity index (χ4v) is 1.83. The zero-order chi connectivity index (χ0) is 8.97. The molecule has 0 aromatic carbocycles. The van der Waals surface area contributed by atoms with Crippen LogP contribution in [0.4, 0.5) is 0 Å². The molecule has 0 saturated heterocycles. The highest BCUT2D eigenvalue weighted by Gasteiger charge is 2.24. The number of rotatable bonds is 3. The maximum atomic E-state index is 10.8. The molecule has 3 nitrogen and oxygen atoms in total. The molecule has 0 aromatic rings. The van der Waals surface area contributed by atoms with Crippen molar-refractivity contribution in [2.45, 2.75) is 38.1 Å². The normalized spacial score (nSPS) is 28.8. The molecule has 1 saturated carbocycles. The largest absolute Gasteiger partial charge is 0.469 e. The molecular formula is C9H17NO2. The Labute approximate surface area is 73.3 Å². The number of methoxy groups -OCH3 is 1. The average molecular weight is 171 g/mol. The van der Waals surface area contributed by atoms with Gasteiger partial charge in [0.15, 0.2) is 0 Å². The molecule has 1 aliphatic rings. The number of ether oxygens (including phenoxy) is 1. The molecule has 12 heavy (non-hydrogen) atoms. The van der Waals surface area contributed by atoms with E-state index in [0.29, 0.717) is 18.4 Å². The maximum absolute atomic E-state index is 10.8. The topological polar surface area (TPSA) is 52.3 Å². The van der Waals surface area contributed by atoms with Crippen molar-refractivity contribution in [3.63, 3.8) is 0 Å². The summed E-state index contributed by atoms with van der Waals surface area (Å²) in [7, 11) is 1.43. The third-order valence-electron chi connectivity index (χ3n) is 2.66. The van der Waals surface area contributed by atoms with Crippen LogP contribution in [0.5, 0.6) is 0 Å². The van der Waals surface area contributed by atoms with Crippen LogP contribution in [0, 0.1) is 5.92 Å². The van der Waals surface area contributed by atoms with E-state index < -0.39 is 0 Å². The molecule has 1 rings (SSSR count). The molecule has 1 aliphatic carbocycles. The number of hydrogen-bond acceptors (Lipinski definition) is 3. The van der Waals surface area contributed by atoms with Crippen LogP contribution in [-0.2, 0) is 9.53 Å². The van der Waals surface area contributed by atoms with E-state index in [9.17, 15) is 4.79 Å². The molecule has 70 valence electrons. The second-order valence-corrected chi connectivity index (χ2v) is 3.47. The van der Waals surface area contributed by atoms with Crippen LogP contribution in [0.3, 0.4) is 0 Å². The lowest BCUT2D eigenvalue weighted by Crippen LogP contribution is -2.24. The molecule has 0 aromatic heterocycles. The maximum Gasteiger partial charge on any atom is 0.305 e. The second-order valence-electron chi connectivity index (χ2n) is 3.47. The predicted molar refractivity (Wildman–Crippen MR) is 46.6 cm³/mol. The predicted octanol–water partition coefficient (Wildman–Crippen LogP) is 1.07. The summed E-state index contributed by atoms with van der Waals surface area (Å²) in [6.07, 6.45) is 4.93. The van der Waals surface area contributed by atoms with E-state index in [1.54, 1.807) is 0 Å². The van der Waals surface area contributed by atoms with Crippen molar-refractivity contribution in [1.29, 1.82) is 0 Å². The van der Waals surface area contributed by atoms with E-state index in [2.05, 4.69) is 4.74 Å². The lowest BCUT2D eigenvalue weighted by molar-refractivity contribution is -0.140. The first-order valence-corrected chi connectivity index (χ1v) is 4.56. The van der Waals surface area contributed by atoms with Gasteiger partial charge in [-0.2, -0.15) is 0 Å². The molecule has 0 bridgehead atoms. The summed E-state index contributed by atoms with van der Waals surface area (Å²) in [4.78, 5) is 10.8. The van der Waals surface area contributed by atoms with E-state index in [4.69, 9.17) is 5.73 Å². The Morgan fingerprint density at radius 1 is 1.58 bits per heavy atom. The molecular weight excluding hydrogens is 154 g/mol. The van der Waals surface area contributed by atoms with Gasteiger partial charge in [-0.25, -0.2) is 0 Å². The van der Waals surface area contributed by atoms with Gasteiger partial charge in [-0.1, -0.05) is 6.42 Å². The van der Waals surface area contributed by atoms with E-state index >= 15 is 0 Å². The lowest BCUT2D eigenvalue weighted by atomic mass is 9.98. The Kier molecular flexibility index (Phi) is 3.53. The van der Waals surface area contributed by atoms with Crippen LogP contribution in [0.25, 0.3) is 0 Å². The quantitative estimate of drug-likeness (QED) is 0.646. The fraction of sp³-hybridized carbons (Fsp3) is 0.889. The molecule has 0 aliphatic heterocycles. The Morgan fingerprint density at radius 2 is 2.33 bits per heavy atom. The van der Waals surface area contributed by atoms with Gasteiger partial charge in [0.25, 0.3) is 0 Å². The van der Waals surface area contributed by atoms with Crippen molar-refractivity contribution >= 4 is 5.97 Å². The van der Waals surface area contributed by atoms with Crippen LogP contribution in [-0.4, -0.2) is 19.1 Å². The molecule has 2 N–H and O–H groups in total. The number of carbonyl (C=O) groups excluding carboxylic acids is 1. The van der Waals surface area contributed by atoms with Crippen LogP contribution >= 0.6 is 0 Å². The number of carbonyl (C=O) groups is 1. The van der Waals surface area contributed by atoms with Gasteiger partial charge in [0.05, 0.1) is 7.11 Å². The van der Waals surface area contributed by atoms with Crippen molar-refractivity contribution in [3.05, 3.63) is 0 Å². The fourth-order valence-electron chi connectivity index (χ4n) is 1.83. The molecule has 0 unspecified atom stereocenters. The summed E-state index contributed by atoms with van der Waals surface area (Å²) >= 11 is 0. The third kappa shape index (κ3) is 2.48. The van der Waals surface area contributed by atoms with Crippen molar-refractivity contribution in [1.82, 2.24) is 0 Å². The van der Waals surface area contributed by atoms with Gasteiger partial charge >= 0.3 is 5.97 Å². The summed E-state index contributed by atoms with van der Waals surface area (Å²) in [6, 6.07) is 0.314. The monoisotopic (exact) mass is 171 g/mol. The Bertz CT molecular complexity index is 159. The van der Waals surface area contributed by atoms with Gasteiger partial charge in [-0.15, -0.1) is 0 Å². The highest BCUT2D eigenvalue weighted by Crippen LogP contribution is 2.27. The Morgan fingerprint density at radius 3 is 2.83 bits per heavy atom. The standard InChI is InChI=1S/C9H17NO2/c1-12-9(11)6-5-7-3-2-4-8(7)10/h7-8H,2-6,10H2,1H3/t7-,8-/m0/s1. The average Bonchev–Trinajstić information content (AvgIpc) is 2.47. The minimum Gasteiger partial charge on any atom is -0.469 e. The van der Waals surface area contributed by atoms with Crippen LogP contribution in [0.1, 0.15) is 32.1 Å². The second kappa shape index (κ2) is 4.45. The number of esters is 1. The van der Waals surface area contributed by atoms with Gasteiger partial charge in [-0.05, 0) is 25.2 Å². The van der Waals surface area contributed by atoms with Crippen LogP contribution in [0.2, 0.25) is 0 Å². The van der Waals surface area contributed by atoms with Crippen LogP contribution < -0.4 is 5.73 Å². The molecule has 2 atom stereocenters. The van der Waals surface area contributed by atoms with Crippen molar-refractivity contribution < 1.29 is 9.53 Å². The minimum absolute atomic E-state index is 0.117. The van der Waals surface area contributed by atoms with E-state index in [1.807, 2.05) is 0 Å².